The lowest BCUT2D eigenvalue weighted by Crippen LogP contribution is -1.90. The number of alkyl halides is 1. The van der Waals surface area contributed by atoms with Crippen LogP contribution in [0.2, 0.25) is 0 Å². The average Bonchev–Trinajstić information content (AvgIpc) is 2.73. The van der Waals surface area contributed by atoms with Gasteiger partial charge in [-0.3, -0.25) is 0 Å². The van der Waals surface area contributed by atoms with Gasteiger partial charge in [0.2, 0.25) is 0 Å². The van der Waals surface area contributed by atoms with Gasteiger partial charge in [-0.05, 0) is 19.1 Å². The van der Waals surface area contributed by atoms with Gasteiger partial charge in [-0.2, -0.15) is 0 Å². The minimum absolute atomic E-state index is 0.408. The Bertz CT molecular complexity index is 504. The van der Waals surface area contributed by atoms with E-state index in [-0.39, 0.29) is 0 Å². The number of rotatable bonds is 4. The van der Waals surface area contributed by atoms with Crippen molar-refractivity contribution >= 4 is 33.2 Å². The Hall–Kier alpha value is -1.29. The van der Waals surface area contributed by atoms with Crippen LogP contribution in [0, 0.1) is 0 Å². The van der Waals surface area contributed by atoms with Gasteiger partial charge in [-0.15, -0.1) is 0 Å². The van der Waals surface area contributed by atoms with Gasteiger partial charge in [0, 0.05) is 5.39 Å². The third-order valence-corrected chi connectivity index (χ3v) is 2.89. The molecule has 1 atom stereocenters. The molecule has 1 unspecified atom stereocenters. The molecule has 1 aromatic carbocycles. The summed E-state index contributed by atoms with van der Waals surface area (Å²) >= 11 is 3.22. The van der Waals surface area contributed by atoms with Crippen LogP contribution in [0.25, 0.3) is 11.0 Å². The van der Waals surface area contributed by atoms with Crippen molar-refractivity contribution in [2.45, 2.75) is 11.8 Å². The van der Waals surface area contributed by atoms with Crippen molar-refractivity contribution in [3.63, 3.8) is 0 Å². The number of furan rings is 1. The highest BCUT2D eigenvalue weighted by Gasteiger charge is 2.14. The number of aldehydes is 1. The Labute approximate surface area is 102 Å². The van der Waals surface area contributed by atoms with Crippen LogP contribution in [0.5, 0.6) is 5.75 Å². The highest BCUT2D eigenvalue weighted by molar-refractivity contribution is 9.09. The Kier molecular flexibility index (Phi) is 3.29. The first-order valence-corrected chi connectivity index (χ1v) is 5.92. The minimum Gasteiger partial charge on any atom is -0.490 e. The summed E-state index contributed by atoms with van der Waals surface area (Å²) in [6, 6.07) is 7.51. The second kappa shape index (κ2) is 4.70. The van der Waals surface area contributed by atoms with Crippen LogP contribution in [0.1, 0.15) is 17.5 Å². The standard InChI is InChI=1S/C12H11BrO3/c1-2-15-10-5-3-4-8-6-11(9(13)7-14)16-12(8)10/h3-7,9H,2H2,1H3. The lowest BCUT2D eigenvalue weighted by atomic mass is 10.2. The number of hydrogen-bond donors (Lipinski definition) is 0. The largest absolute Gasteiger partial charge is 0.490 e. The van der Waals surface area contributed by atoms with Gasteiger partial charge in [0.05, 0.1) is 6.61 Å². The monoisotopic (exact) mass is 282 g/mol. The molecule has 0 amide bonds. The van der Waals surface area contributed by atoms with Crippen LogP contribution in [-0.4, -0.2) is 12.9 Å². The first-order valence-electron chi connectivity index (χ1n) is 5.01. The number of carbonyl (C=O) groups is 1. The molecular weight excluding hydrogens is 272 g/mol. The molecule has 84 valence electrons. The zero-order valence-corrected chi connectivity index (χ0v) is 10.4. The lowest BCUT2D eigenvalue weighted by molar-refractivity contribution is -0.107. The van der Waals surface area contributed by atoms with Gasteiger partial charge in [-0.1, -0.05) is 28.1 Å². The van der Waals surface area contributed by atoms with E-state index in [1.807, 2.05) is 31.2 Å². The summed E-state index contributed by atoms with van der Waals surface area (Å²) in [5, 5.41) is 0.937. The minimum atomic E-state index is -0.408. The van der Waals surface area contributed by atoms with E-state index in [1.54, 1.807) is 0 Å². The summed E-state index contributed by atoms with van der Waals surface area (Å²) in [7, 11) is 0. The van der Waals surface area contributed by atoms with Crippen molar-refractivity contribution in [1.82, 2.24) is 0 Å². The van der Waals surface area contributed by atoms with Gasteiger partial charge < -0.3 is 13.9 Å². The van der Waals surface area contributed by atoms with E-state index in [4.69, 9.17) is 9.15 Å². The molecule has 0 bridgehead atoms. The van der Waals surface area contributed by atoms with Crippen molar-refractivity contribution in [2.24, 2.45) is 0 Å². The van der Waals surface area contributed by atoms with E-state index < -0.39 is 4.83 Å². The molecule has 1 heterocycles. The molecule has 0 radical (unpaired) electrons. The lowest BCUT2D eigenvalue weighted by Gasteiger charge is -2.02. The molecule has 2 aromatic rings. The molecule has 4 heteroatoms. The number of carbonyl (C=O) groups excluding carboxylic acids is 1. The molecule has 0 fully saturated rings. The first-order chi connectivity index (χ1) is 7.76. The molecule has 0 N–H and O–H groups in total. The number of halogens is 1. The fourth-order valence-corrected chi connectivity index (χ4v) is 1.75. The number of ether oxygens (including phenoxy) is 1. The molecular formula is C12H11BrO3. The van der Waals surface area contributed by atoms with E-state index in [1.165, 1.54) is 0 Å². The smallest absolute Gasteiger partial charge is 0.176 e. The number of hydrogen-bond acceptors (Lipinski definition) is 3. The molecule has 1 aromatic heterocycles. The van der Waals surface area contributed by atoms with Crippen LogP contribution in [0.15, 0.2) is 28.7 Å². The van der Waals surface area contributed by atoms with Crippen LogP contribution in [0.3, 0.4) is 0 Å². The summed E-state index contributed by atoms with van der Waals surface area (Å²) in [5.74, 6) is 1.30. The zero-order chi connectivity index (χ0) is 11.5. The van der Waals surface area contributed by atoms with E-state index in [0.717, 1.165) is 11.7 Å². The quantitative estimate of drug-likeness (QED) is 0.637. The molecule has 0 saturated heterocycles. The zero-order valence-electron chi connectivity index (χ0n) is 8.77. The third-order valence-electron chi connectivity index (χ3n) is 2.22. The second-order valence-electron chi connectivity index (χ2n) is 3.29. The van der Waals surface area contributed by atoms with Crippen molar-refractivity contribution in [3.05, 3.63) is 30.0 Å². The van der Waals surface area contributed by atoms with Gasteiger partial charge in [-0.25, -0.2) is 0 Å². The summed E-state index contributed by atoms with van der Waals surface area (Å²) in [4.78, 5) is 10.2. The molecule has 16 heavy (non-hydrogen) atoms. The van der Waals surface area contributed by atoms with Crippen molar-refractivity contribution in [3.8, 4) is 5.75 Å². The third kappa shape index (κ3) is 1.97. The maximum absolute atomic E-state index is 10.7. The van der Waals surface area contributed by atoms with Gasteiger partial charge >= 0.3 is 0 Å². The maximum atomic E-state index is 10.7. The fraction of sp³-hybridized carbons (Fsp3) is 0.250. The Morgan fingerprint density at radius 2 is 2.38 bits per heavy atom. The maximum Gasteiger partial charge on any atom is 0.176 e. The molecule has 0 saturated carbocycles. The predicted molar refractivity (Wildman–Crippen MR) is 65.1 cm³/mol. The average molecular weight is 283 g/mol. The molecule has 0 aliphatic heterocycles. The molecule has 0 aliphatic carbocycles. The Balaban J connectivity index is 2.51. The summed E-state index contributed by atoms with van der Waals surface area (Å²) in [6.07, 6.45) is 0.790. The molecule has 0 spiro atoms. The molecule has 0 aliphatic rings. The van der Waals surface area contributed by atoms with Gasteiger partial charge in [0.25, 0.3) is 0 Å². The summed E-state index contributed by atoms with van der Waals surface area (Å²) in [5.41, 5.74) is 0.686. The fourth-order valence-electron chi connectivity index (χ4n) is 1.53. The normalized spacial score (nSPS) is 12.6. The van der Waals surface area contributed by atoms with Crippen molar-refractivity contribution < 1.29 is 13.9 Å². The predicted octanol–water partition coefficient (Wildman–Crippen LogP) is 3.47. The topological polar surface area (TPSA) is 39.4 Å². The van der Waals surface area contributed by atoms with Crippen LogP contribution < -0.4 is 4.74 Å². The summed E-state index contributed by atoms with van der Waals surface area (Å²) < 4.78 is 11.0. The number of para-hydroxylation sites is 1. The van der Waals surface area contributed by atoms with Crippen LogP contribution in [0.4, 0.5) is 0 Å². The Morgan fingerprint density at radius 3 is 3.06 bits per heavy atom. The van der Waals surface area contributed by atoms with E-state index in [9.17, 15) is 4.79 Å². The summed E-state index contributed by atoms with van der Waals surface area (Å²) in [6.45, 7) is 2.50. The SMILES string of the molecule is CCOc1cccc2cc(C(Br)C=O)oc12. The first kappa shape index (κ1) is 11.2. The van der Waals surface area contributed by atoms with Crippen molar-refractivity contribution in [1.29, 1.82) is 0 Å². The molecule has 3 nitrogen and oxygen atoms in total. The van der Waals surface area contributed by atoms with Crippen LogP contribution >= 0.6 is 15.9 Å². The van der Waals surface area contributed by atoms with E-state index >= 15 is 0 Å². The van der Waals surface area contributed by atoms with Crippen molar-refractivity contribution in [2.75, 3.05) is 6.61 Å². The molecule has 2 rings (SSSR count). The van der Waals surface area contributed by atoms with Gasteiger partial charge in [0.1, 0.15) is 16.9 Å². The number of fused-ring (bicyclic) bond motifs is 1. The van der Waals surface area contributed by atoms with Crippen LogP contribution in [-0.2, 0) is 4.79 Å². The highest BCUT2D eigenvalue weighted by Crippen LogP contribution is 2.32. The second-order valence-corrected chi connectivity index (χ2v) is 4.28. The van der Waals surface area contributed by atoms with E-state index in [2.05, 4.69) is 15.9 Å². The highest BCUT2D eigenvalue weighted by atomic mass is 79.9. The van der Waals surface area contributed by atoms with E-state index in [0.29, 0.717) is 23.7 Å². The van der Waals surface area contributed by atoms with Gasteiger partial charge in [0.15, 0.2) is 11.3 Å². The number of benzene rings is 1. The Morgan fingerprint density at radius 1 is 1.56 bits per heavy atom.